The average Bonchev–Trinajstić information content (AvgIpc) is 3.24. The Labute approximate surface area is 140 Å². The molecule has 1 amide bonds. The van der Waals surface area contributed by atoms with Gasteiger partial charge in [0.1, 0.15) is 11.4 Å². The Morgan fingerprint density at radius 1 is 1.33 bits per heavy atom. The van der Waals surface area contributed by atoms with E-state index in [-0.39, 0.29) is 17.7 Å². The molecule has 3 rings (SSSR count). The highest BCUT2D eigenvalue weighted by Crippen LogP contribution is 2.32. The summed E-state index contributed by atoms with van der Waals surface area (Å²) in [4.78, 5) is 12.5. The summed E-state index contributed by atoms with van der Waals surface area (Å²) in [5.41, 5.74) is 1.65. The highest BCUT2D eigenvalue weighted by Gasteiger charge is 2.28. The van der Waals surface area contributed by atoms with E-state index in [1.165, 1.54) is 0 Å². The normalized spacial score (nSPS) is 16.1. The van der Waals surface area contributed by atoms with Crippen LogP contribution in [0.3, 0.4) is 0 Å². The molecule has 128 valence electrons. The number of hydrogen-bond acceptors (Lipinski definition) is 5. The molecule has 0 spiro atoms. The summed E-state index contributed by atoms with van der Waals surface area (Å²) in [5.74, 6) is 0.493. The molecule has 24 heavy (non-hydrogen) atoms. The Morgan fingerprint density at radius 3 is 2.58 bits per heavy atom. The summed E-state index contributed by atoms with van der Waals surface area (Å²) in [7, 11) is 1.60. The second-order valence-electron chi connectivity index (χ2n) is 6.13. The predicted molar refractivity (Wildman–Crippen MR) is 88.8 cm³/mol. The molecule has 6 heteroatoms. The maximum atomic E-state index is 12.5. The van der Waals surface area contributed by atoms with Gasteiger partial charge in [0.15, 0.2) is 0 Å². The summed E-state index contributed by atoms with van der Waals surface area (Å²) in [6, 6.07) is 7.42. The van der Waals surface area contributed by atoms with Crippen molar-refractivity contribution < 1.29 is 19.2 Å². The molecular formula is C18H22N2O4. The molecule has 1 aromatic carbocycles. The molecule has 1 aromatic heterocycles. The fourth-order valence-corrected chi connectivity index (χ4v) is 3.13. The van der Waals surface area contributed by atoms with Crippen LogP contribution < -0.4 is 10.1 Å². The third-order valence-corrected chi connectivity index (χ3v) is 4.41. The van der Waals surface area contributed by atoms with E-state index in [2.05, 4.69) is 10.5 Å². The molecule has 1 fully saturated rings. The molecule has 0 bridgehead atoms. The van der Waals surface area contributed by atoms with Crippen molar-refractivity contribution in [3.8, 4) is 17.0 Å². The molecule has 1 atom stereocenters. The standard InChI is InChI=1S/C18H22N2O4/c1-11(21)15-16(12-7-9-14(23-2)10-8-12)20-24-17(15)18(22)19-13-5-3-4-6-13/h7-11,13,21H,3-6H2,1-2H3,(H,19,22)/t11-/m0/s1. The minimum atomic E-state index is -0.863. The predicted octanol–water partition coefficient (Wildman–Crippen LogP) is 3.08. The van der Waals surface area contributed by atoms with E-state index in [0.29, 0.717) is 11.3 Å². The van der Waals surface area contributed by atoms with Gasteiger partial charge >= 0.3 is 0 Å². The lowest BCUT2D eigenvalue weighted by molar-refractivity contribution is 0.0892. The zero-order valence-corrected chi connectivity index (χ0v) is 13.9. The van der Waals surface area contributed by atoms with Gasteiger partial charge in [0.05, 0.1) is 18.8 Å². The number of aliphatic hydroxyl groups excluding tert-OH is 1. The van der Waals surface area contributed by atoms with Crippen LogP contribution in [-0.2, 0) is 0 Å². The van der Waals surface area contributed by atoms with Crippen LogP contribution in [0.5, 0.6) is 5.75 Å². The topological polar surface area (TPSA) is 84.6 Å². The molecule has 2 N–H and O–H groups in total. The van der Waals surface area contributed by atoms with Crippen molar-refractivity contribution in [3.63, 3.8) is 0 Å². The van der Waals surface area contributed by atoms with Gasteiger partial charge in [-0.05, 0) is 44.0 Å². The van der Waals surface area contributed by atoms with Crippen molar-refractivity contribution in [1.82, 2.24) is 10.5 Å². The SMILES string of the molecule is COc1ccc(-c2noc(C(=O)NC3CCCC3)c2[C@H](C)O)cc1. The lowest BCUT2D eigenvalue weighted by Crippen LogP contribution is -2.33. The Kier molecular flexibility index (Phi) is 4.85. The van der Waals surface area contributed by atoms with Gasteiger partial charge in [0.25, 0.3) is 5.91 Å². The number of carbonyl (C=O) groups is 1. The van der Waals surface area contributed by atoms with E-state index in [4.69, 9.17) is 9.26 Å². The van der Waals surface area contributed by atoms with Crippen LogP contribution in [0.15, 0.2) is 28.8 Å². The third kappa shape index (κ3) is 3.28. The smallest absolute Gasteiger partial charge is 0.290 e. The molecule has 6 nitrogen and oxygen atoms in total. The summed E-state index contributed by atoms with van der Waals surface area (Å²) >= 11 is 0. The maximum absolute atomic E-state index is 12.5. The first-order valence-corrected chi connectivity index (χ1v) is 8.23. The van der Waals surface area contributed by atoms with Gasteiger partial charge < -0.3 is 19.7 Å². The molecule has 0 aliphatic heterocycles. The van der Waals surface area contributed by atoms with Gasteiger partial charge in [-0.2, -0.15) is 0 Å². The van der Waals surface area contributed by atoms with E-state index >= 15 is 0 Å². The number of nitrogens with zero attached hydrogens (tertiary/aromatic N) is 1. The lowest BCUT2D eigenvalue weighted by atomic mass is 10.0. The van der Waals surface area contributed by atoms with Crippen molar-refractivity contribution >= 4 is 5.91 Å². The first-order valence-electron chi connectivity index (χ1n) is 8.23. The second kappa shape index (κ2) is 7.05. The van der Waals surface area contributed by atoms with Crippen molar-refractivity contribution in [3.05, 3.63) is 35.6 Å². The lowest BCUT2D eigenvalue weighted by Gasteiger charge is -2.12. The number of hydrogen-bond donors (Lipinski definition) is 2. The van der Waals surface area contributed by atoms with Crippen LogP contribution in [0.4, 0.5) is 0 Å². The summed E-state index contributed by atoms with van der Waals surface area (Å²) < 4.78 is 10.4. The molecule has 0 radical (unpaired) electrons. The van der Waals surface area contributed by atoms with Crippen LogP contribution in [0.1, 0.15) is 54.8 Å². The Balaban J connectivity index is 1.90. The van der Waals surface area contributed by atoms with Gasteiger partial charge in [-0.3, -0.25) is 4.79 Å². The molecule has 0 saturated heterocycles. The Hall–Kier alpha value is -2.34. The molecule has 1 saturated carbocycles. The fraction of sp³-hybridized carbons (Fsp3) is 0.444. The van der Waals surface area contributed by atoms with Crippen molar-refractivity contribution in [2.75, 3.05) is 7.11 Å². The summed E-state index contributed by atoms with van der Waals surface area (Å²) in [5, 5.41) is 17.1. The van der Waals surface area contributed by atoms with Gasteiger partial charge in [0, 0.05) is 11.6 Å². The van der Waals surface area contributed by atoms with E-state index in [9.17, 15) is 9.90 Å². The second-order valence-corrected chi connectivity index (χ2v) is 6.13. The Bertz CT molecular complexity index is 700. The highest BCUT2D eigenvalue weighted by molar-refractivity contribution is 5.94. The van der Waals surface area contributed by atoms with E-state index in [0.717, 1.165) is 37.0 Å². The maximum Gasteiger partial charge on any atom is 0.290 e. The number of benzene rings is 1. The van der Waals surface area contributed by atoms with Crippen molar-refractivity contribution in [2.45, 2.75) is 44.8 Å². The quantitative estimate of drug-likeness (QED) is 0.880. The van der Waals surface area contributed by atoms with Gasteiger partial charge in [-0.1, -0.05) is 18.0 Å². The van der Waals surface area contributed by atoms with Crippen LogP contribution in [-0.4, -0.2) is 29.3 Å². The summed E-state index contributed by atoms with van der Waals surface area (Å²) in [6.45, 7) is 1.60. The number of aliphatic hydroxyl groups is 1. The van der Waals surface area contributed by atoms with E-state index in [1.54, 1.807) is 26.2 Å². The van der Waals surface area contributed by atoms with Crippen LogP contribution >= 0.6 is 0 Å². The van der Waals surface area contributed by atoms with Crippen LogP contribution in [0, 0.1) is 0 Å². The van der Waals surface area contributed by atoms with Crippen molar-refractivity contribution in [1.29, 1.82) is 0 Å². The minimum Gasteiger partial charge on any atom is -0.497 e. The minimum absolute atomic E-state index is 0.0859. The van der Waals surface area contributed by atoms with E-state index < -0.39 is 6.10 Å². The highest BCUT2D eigenvalue weighted by atomic mass is 16.5. The third-order valence-electron chi connectivity index (χ3n) is 4.41. The fourth-order valence-electron chi connectivity index (χ4n) is 3.13. The molecule has 0 unspecified atom stereocenters. The number of methoxy groups -OCH3 is 1. The average molecular weight is 330 g/mol. The van der Waals surface area contributed by atoms with Crippen LogP contribution in [0.2, 0.25) is 0 Å². The first-order chi connectivity index (χ1) is 11.6. The largest absolute Gasteiger partial charge is 0.497 e. The number of nitrogens with one attached hydrogen (secondary N) is 1. The van der Waals surface area contributed by atoms with Crippen molar-refractivity contribution in [2.24, 2.45) is 0 Å². The Morgan fingerprint density at radius 2 is 2.00 bits per heavy atom. The zero-order chi connectivity index (χ0) is 17.1. The number of aromatic nitrogens is 1. The molecule has 1 aliphatic rings. The molecule has 2 aromatic rings. The first kappa shape index (κ1) is 16.5. The van der Waals surface area contributed by atoms with Gasteiger partial charge in [0.2, 0.25) is 5.76 Å². The van der Waals surface area contributed by atoms with E-state index in [1.807, 2.05) is 12.1 Å². The number of amides is 1. The van der Waals surface area contributed by atoms with Gasteiger partial charge in [-0.25, -0.2) is 0 Å². The van der Waals surface area contributed by atoms with Gasteiger partial charge in [-0.15, -0.1) is 0 Å². The zero-order valence-electron chi connectivity index (χ0n) is 13.9. The number of rotatable bonds is 5. The molecule has 1 heterocycles. The summed E-state index contributed by atoms with van der Waals surface area (Å²) in [6.07, 6.45) is 3.35. The number of ether oxygens (including phenoxy) is 1. The number of carbonyl (C=O) groups excluding carboxylic acids is 1. The molecular weight excluding hydrogens is 308 g/mol. The van der Waals surface area contributed by atoms with Crippen LogP contribution in [0.25, 0.3) is 11.3 Å². The monoisotopic (exact) mass is 330 g/mol. The molecule has 1 aliphatic carbocycles.